The van der Waals surface area contributed by atoms with Crippen molar-refractivity contribution in [3.8, 4) is 0 Å². The molecule has 0 bridgehead atoms. The zero-order valence-electron chi connectivity index (χ0n) is 8.01. The van der Waals surface area contributed by atoms with Crippen LogP contribution in [0.2, 0.25) is 0 Å². The average molecular weight is 224 g/mol. The van der Waals surface area contributed by atoms with E-state index in [9.17, 15) is 14.7 Å². The number of hydrogen-bond acceptors (Lipinski definition) is 4. The average Bonchev–Trinajstić information content (AvgIpc) is 2.88. The van der Waals surface area contributed by atoms with Gasteiger partial charge in [0.05, 0.1) is 16.9 Å². The fraction of sp³-hybridized carbons (Fsp3) is 0.400. The van der Waals surface area contributed by atoms with Crippen molar-refractivity contribution in [2.24, 2.45) is 0 Å². The fourth-order valence-electron chi connectivity index (χ4n) is 1.80. The van der Waals surface area contributed by atoms with E-state index in [1.807, 2.05) is 0 Å². The molecule has 0 aromatic carbocycles. The maximum atomic E-state index is 11.9. The lowest BCUT2D eigenvalue weighted by atomic mass is 10.2. The number of thiophene rings is 1. The Hall–Kier alpha value is -1.36. The summed E-state index contributed by atoms with van der Waals surface area (Å²) in [4.78, 5) is 24.6. The predicted octanol–water partition coefficient (Wildman–Crippen LogP) is 0.103. The number of carbonyl (C=O) groups excluding carboxylic acids is 2. The zero-order valence-corrected chi connectivity index (χ0v) is 8.83. The number of nitrogens with zero attached hydrogens (tertiary/aromatic N) is 1. The molecule has 0 saturated carbocycles. The number of hydrogen-bond donors (Lipinski definition) is 0. The second-order valence-corrected chi connectivity index (χ2v) is 4.40. The quantitative estimate of drug-likeness (QED) is 0.716. The number of rotatable bonds is 2. The summed E-state index contributed by atoms with van der Waals surface area (Å²) in [5.74, 6) is -1.35. The molecule has 1 aliphatic rings. The molecule has 1 fully saturated rings. The molecule has 1 saturated heterocycles. The van der Waals surface area contributed by atoms with Gasteiger partial charge in [-0.15, -0.1) is 11.3 Å². The molecule has 0 radical (unpaired) electrons. The van der Waals surface area contributed by atoms with E-state index in [1.54, 1.807) is 17.5 Å². The molecule has 0 unspecified atom stereocenters. The molecule has 1 aliphatic heterocycles. The summed E-state index contributed by atoms with van der Waals surface area (Å²) in [5.41, 5.74) is 0. The molecule has 1 aromatic rings. The summed E-state index contributed by atoms with van der Waals surface area (Å²) < 4.78 is 0. The lowest BCUT2D eigenvalue weighted by Gasteiger charge is -2.24. The minimum atomic E-state index is -1.16. The topological polar surface area (TPSA) is 60.4 Å². The molecule has 0 N–H and O–H groups in total. The first-order valence-corrected chi connectivity index (χ1v) is 5.63. The van der Waals surface area contributed by atoms with Gasteiger partial charge in [0.15, 0.2) is 0 Å². The molecule has 1 aromatic heterocycles. The smallest absolute Gasteiger partial charge is 0.264 e. The first-order chi connectivity index (χ1) is 7.20. The van der Waals surface area contributed by atoms with Crippen molar-refractivity contribution in [3.63, 3.8) is 0 Å². The van der Waals surface area contributed by atoms with Crippen LogP contribution in [0.15, 0.2) is 17.5 Å². The maximum absolute atomic E-state index is 11.9. The van der Waals surface area contributed by atoms with Crippen LogP contribution in [0, 0.1) is 0 Å². The predicted molar refractivity (Wildman–Crippen MR) is 53.4 cm³/mol. The van der Waals surface area contributed by atoms with E-state index < -0.39 is 12.0 Å². The van der Waals surface area contributed by atoms with Crippen LogP contribution in [0.3, 0.4) is 0 Å². The molecule has 2 heterocycles. The number of aliphatic carboxylic acids is 1. The third-order valence-corrected chi connectivity index (χ3v) is 3.38. The van der Waals surface area contributed by atoms with Crippen LogP contribution in [0.1, 0.15) is 22.5 Å². The molecule has 4 nitrogen and oxygen atoms in total. The first-order valence-electron chi connectivity index (χ1n) is 4.75. The Kier molecular flexibility index (Phi) is 2.73. The second-order valence-electron chi connectivity index (χ2n) is 3.45. The Balaban J connectivity index is 2.17. The Labute approximate surface area is 91.1 Å². The third-order valence-electron chi connectivity index (χ3n) is 2.52. The molecule has 5 heteroatoms. The molecular weight excluding hydrogens is 214 g/mol. The van der Waals surface area contributed by atoms with Crippen molar-refractivity contribution >= 4 is 23.2 Å². The van der Waals surface area contributed by atoms with Gasteiger partial charge in [0.25, 0.3) is 5.91 Å². The van der Waals surface area contributed by atoms with Gasteiger partial charge in [-0.3, -0.25) is 4.79 Å². The molecular formula is C10H10NO3S-. The minimum absolute atomic E-state index is 0.197. The van der Waals surface area contributed by atoms with Gasteiger partial charge < -0.3 is 14.8 Å². The highest BCUT2D eigenvalue weighted by Crippen LogP contribution is 2.21. The monoisotopic (exact) mass is 224 g/mol. The standard InChI is InChI=1S/C10H11NO3S/c12-9(8-4-2-6-15-8)11-5-1-3-7(11)10(13)14/h2,4,6-7H,1,3,5H2,(H,13,14)/p-1/t7-/m1/s1. The van der Waals surface area contributed by atoms with Crippen LogP contribution in [-0.2, 0) is 4.79 Å². The van der Waals surface area contributed by atoms with Crippen molar-refractivity contribution in [1.82, 2.24) is 4.90 Å². The van der Waals surface area contributed by atoms with Crippen LogP contribution < -0.4 is 5.11 Å². The summed E-state index contributed by atoms with van der Waals surface area (Å²) in [7, 11) is 0. The van der Waals surface area contributed by atoms with E-state index in [4.69, 9.17) is 0 Å². The molecule has 0 spiro atoms. The number of carboxylic acids is 1. The number of carboxylic acid groups (broad SMARTS) is 1. The third kappa shape index (κ3) is 1.87. The van der Waals surface area contributed by atoms with Gasteiger partial charge >= 0.3 is 0 Å². The second kappa shape index (κ2) is 4.02. The molecule has 1 amide bonds. The summed E-state index contributed by atoms with van der Waals surface area (Å²) >= 11 is 1.33. The highest BCUT2D eigenvalue weighted by molar-refractivity contribution is 7.12. The van der Waals surface area contributed by atoms with Crippen LogP contribution in [0.4, 0.5) is 0 Å². The molecule has 80 valence electrons. The normalized spacial score (nSPS) is 20.5. The van der Waals surface area contributed by atoms with Crippen LogP contribution in [0.25, 0.3) is 0 Å². The molecule has 0 aliphatic carbocycles. The summed E-state index contributed by atoms with van der Waals surface area (Å²) in [6.45, 7) is 0.509. The van der Waals surface area contributed by atoms with Crippen LogP contribution in [0.5, 0.6) is 0 Å². The minimum Gasteiger partial charge on any atom is -0.548 e. The van der Waals surface area contributed by atoms with Gasteiger partial charge in [0.2, 0.25) is 0 Å². The van der Waals surface area contributed by atoms with Gasteiger partial charge in [-0.05, 0) is 24.3 Å². The summed E-state index contributed by atoms with van der Waals surface area (Å²) in [6, 6.07) is 2.74. The van der Waals surface area contributed by atoms with E-state index in [0.29, 0.717) is 17.8 Å². The summed E-state index contributed by atoms with van der Waals surface area (Å²) in [5, 5.41) is 12.6. The zero-order chi connectivity index (χ0) is 10.8. The van der Waals surface area contributed by atoms with E-state index in [-0.39, 0.29) is 5.91 Å². The van der Waals surface area contributed by atoms with Crippen molar-refractivity contribution in [2.45, 2.75) is 18.9 Å². The van der Waals surface area contributed by atoms with E-state index in [2.05, 4.69) is 0 Å². The van der Waals surface area contributed by atoms with Crippen molar-refractivity contribution in [2.75, 3.05) is 6.54 Å². The van der Waals surface area contributed by atoms with Crippen LogP contribution >= 0.6 is 11.3 Å². The molecule has 1 atom stereocenters. The summed E-state index contributed by atoms with van der Waals surface area (Å²) in [6.07, 6.45) is 1.23. The van der Waals surface area contributed by atoms with Gasteiger partial charge in [-0.25, -0.2) is 0 Å². The lowest BCUT2D eigenvalue weighted by molar-refractivity contribution is -0.310. The van der Waals surface area contributed by atoms with Gasteiger partial charge in [0, 0.05) is 6.54 Å². The molecule has 15 heavy (non-hydrogen) atoms. The van der Waals surface area contributed by atoms with Gasteiger partial charge in [0.1, 0.15) is 0 Å². The highest BCUT2D eigenvalue weighted by atomic mass is 32.1. The largest absolute Gasteiger partial charge is 0.548 e. The number of likely N-dealkylation sites (tertiary alicyclic amines) is 1. The van der Waals surface area contributed by atoms with Crippen molar-refractivity contribution in [3.05, 3.63) is 22.4 Å². The van der Waals surface area contributed by atoms with E-state index in [0.717, 1.165) is 6.42 Å². The van der Waals surface area contributed by atoms with E-state index in [1.165, 1.54) is 16.2 Å². The maximum Gasteiger partial charge on any atom is 0.264 e. The Morgan fingerprint density at radius 1 is 1.53 bits per heavy atom. The highest BCUT2D eigenvalue weighted by Gasteiger charge is 2.30. The van der Waals surface area contributed by atoms with Crippen molar-refractivity contribution in [1.29, 1.82) is 0 Å². The SMILES string of the molecule is O=C([O-])[C@H]1CCCN1C(=O)c1cccs1. The van der Waals surface area contributed by atoms with Gasteiger partial charge in [-0.1, -0.05) is 6.07 Å². The number of amides is 1. The lowest BCUT2D eigenvalue weighted by Crippen LogP contribution is -2.46. The Morgan fingerprint density at radius 3 is 2.93 bits per heavy atom. The molecule has 2 rings (SSSR count). The van der Waals surface area contributed by atoms with Gasteiger partial charge in [-0.2, -0.15) is 0 Å². The van der Waals surface area contributed by atoms with Crippen LogP contribution in [-0.4, -0.2) is 29.4 Å². The Morgan fingerprint density at radius 2 is 2.33 bits per heavy atom. The Bertz CT molecular complexity index is 374. The van der Waals surface area contributed by atoms with Crippen molar-refractivity contribution < 1.29 is 14.7 Å². The first kappa shape index (κ1) is 10.2. The fourth-order valence-corrected chi connectivity index (χ4v) is 2.48. The number of carbonyl (C=O) groups is 2. The van der Waals surface area contributed by atoms with E-state index >= 15 is 0 Å².